The van der Waals surface area contributed by atoms with E-state index in [0.29, 0.717) is 6.54 Å². The predicted molar refractivity (Wildman–Crippen MR) is 74.5 cm³/mol. The standard InChI is InChI=1S/C13H21N3S/c14-8-6-12-10-17-13(16-12)15-9-7-11-4-2-1-3-5-11/h4,10H,1-3,5-9,14H2,(H,15,16). The summed E-state index contributed by atoms with van der Waals surface area (Å²) in [5, 5.41) is 6.52. The number of hydrogen-bond donors (Lipinski definition) is 2. The lowest BCUT2D eigenvalue weighted by atomic mass is 9.97. The highest BCUT2D eigenvalue weighted by Gasteiger charge is 2.04. The van der Waals surface area contributed by atoms with Crippen LogP contribution in [0.25, 0.3) is 0 Å². The normalized spacial score (nSPS) is 15.7. The summed E-state index contributed by atoms with van der Waals surface area (Å²) < 4.78 is 0. The van der Waals surface area contributed by atoms with Gasteiger partial charge in [0, 0.05) is 18.3 Å². The average molecular weight is 251 g/mol. The van der Waals surface area contributed by atoms with E-state index in [4.69, 9.17) is 5.73 Å². The van der Waals surface area contributed by atoms with Gasteiger partial charge in [-0.15, -0.1) is 11.3 Å². The van der Waals surface area contributed by atoms with Crippen LogP contribution in [-0.2, 0) is 6.42 Å². The number of thiazole rings is 1. The molecule has 0 saturated heterocycles. The third-order valence-electron chi connectivity index (χ3n) is 3.06. The maximum atomic E-state index is 5.50. The van der Waals surface area contributed by atoms with Crippen molar-refractivity contribution in [3.8, 4) is 0 Å². The Labute approximate surface area is 107 Å². The first-order valence-electron chi connectivity index (χ1n) is 6.45. The lowest BCUT2D eigenvalue weighted by Gasteiger charge is -2.12. The van der Waals surface area contributed by atoms with Gasteiger partial charge in [0.2, 0.25) is 0 Å². The van der Waals surface area contributed by atoms with Gasteiger partial charge in [-0.25, -0.2) is 4.98 Å². The van der Waals surface area contributed by atoms with Gasteiger partial charge in [0.15, 0.2) is 5.13 Å². The van der Waals surface area contributed by atoms with Gasteiger partial charge in [-0.05, 0) is 38.6 Å². The number of nitrogens with two attached hydrogens (primary N) is 1. The van der Waals surface area contributed by atoms with Crippen LogP contribution in [-0.4, -0.2) is 18.1 Å². The second-order valence-corrected chi connectivity index (χ2v) is 5.33. The van der Waals surface area contributed by atoms with E-state index in [2.05, 4.69) is 21.8 Å². The van der Waals surface area contributed by atoms with Crippen molar-refractivity contribution in [2.75, 3.05) is 18.4 Å². The van der Waals surface area contributed by atoms with Gasteiger partial charge in [-0.2, -0.15) is 0 Å². The Balaban J connectivity index is 1.71. The van der Waals surface area contributed by atoms with Crippen molar-refractivity contribution in [2.45, 2.75) is 38.5 Å². The topological polar surface area (TPSA) is 50.9 Å². The molecule has 0 atom stereocenters. The largest absolute Gasteiger partial charge is 0.361 e. The first-order chi connectivity index (χ1) is 8.38. The van der Waals surface area contributed by atoms with E-state index in [1.165, 1.54) is 25.7 Å². The van der Waals surface area contributed by atoms with Gasteiger partial charge in [-0.3, -0.25) is 0 Å². The maximum Gasteiger partial charge on any atom is 0.182 e. The molecule has 1 heterocycles. The SMILES string of the molecule is NCCc1csc(NCCC2=CCCCC2)n1. The predicted octanol–water partition coefficient (Wildman–Crippen LogP) is 2.95. The third-order valence-corrected chi connectivity index (χ3v) is 3.91. The average Bonchev–Trinajstić information content (AvgIpc) is 2.79. The van der Waals surface area contributed by atoms with Crippen molar-refractivity contribution in [2.24, 2.45) is 5.73 Å². The number of aromatic nitrogens is 1. The van der Waals surface area contributed by atoms with Crippen molar-refractivity contribution < 1.29 is 0 Å². The van der Waals surface area contributed by atoms with E-state index in [-0.39, 0.29) is 0 Å². The fourth-order valence-electron chi connectivity index (χ4n) is 2.11. The summed E-state index contributed by atoms with van der Waals surface area (Å²) in [6.07, 6.45) is 9.74. The van der Waals surface area contributed by atoms with Crippen molar-refractivity contribution in [1.29, 1.82) is 0 Å². The molecule has 4 heteroatoms. The van der Waals surface area contributed by atoms with Crippen LogP contribution in [0.4, 0.5) is 5.13 Å². The molecule has 1 aliphatic rings. The minimum Gasteiger partial charge on any atom is -0.361 e. The van der Waals surface area contributed by atoms with Crippen LogP contribution in [0, 0.1) is 0 Å². The Morgan fingerprint density at radius 2 is 2.29 bits per heavy atom. The molecule has 0 fully saturated rings. The Morgan fingerprint density at radius 3 is 3.06 bits per heavy atom. The zero-order valence-corrected chi connectivity index (χ0v) is 11.1. The van der Waals surface area contributed by atoms with Crippen molar-refractivity contribution in [1.82, 2.24) is 4.98 Å². The van der Waals surface area contributed by atoms with E-state index in [0.717, 1.165) is 30.2 Å². The highest BCUT2D eigenvalue weighted by Crippen LogP contribution is 2.21. The van der Waals surface area contributed by atoms with Gasteiger partial charge in [0.25, 0.3) is 0 Å². The molecule has 3 nitrogen and oxygen atoms in total. The molecule has 1 aromatic heterocycles. The monoisotopic (exact) mass is 251 g/mol. The fourth-order valence-corrected chi connectivity index (χ4v) is 2.89. The molecule has 94 valence electrons. The summed E-state index contributed by atoms with van der Waals surface area (Å²) in [6.45, 7) is 1.68. The number of nitrogens with one attached hydrogen (secondary N) is 1. The molecule has 0 saturated carbocycles. The van der Waals surface area contributed by atoms with Crippen LogP contribution in [0.2, 0.25) is 0 Å². The van der Waals surface area contributed by atoms with Crippen LogP contribution >= 0.6 is 11.3 Å². The van der Waals surface area contributed by atoms with Crippen LogP contribution in [0.1, 0.15) is 37.8 Å². The number of nitrogens with zero attached hydrogens (tertiary/aromatic N) is 1. The van der Waals surface area contributed by atoms with Gasteiger partial charge >= 0.3 is 0 Å². The number of rotatable bonds is 6. The molecule has 17 heavy (non-hydrogen) atoms. The van der Waals surface area contributed by atoms with Crippen LogP contribution in [0.5, 0.6) is 0 Å². The Morgan fingerprint density at radius 1 is 1.35 bits per heavy atom. The molecular weight excluding hydrogens is 230 g/mol. The van der Waals surface area contributed by atoms with Crippen LogP contribution < -0.4 is 11.1 Å². The van der Waals surface area contributed by atoms with Gasteiger partial charge in [-0.1, -0.05) is 11.6 Å². The van der Waals surface area contributed by atoms with Crippen molar-refractivity contribution in [3.05, 3.63) is 22.7 Å². The van der Waals surface area contributed by atoms with Gasteiger partial charge in [0.05, 0.1) is 5.69 Å². The second-order valence-electron chi connectivity index (χ2n) is 4.47. The lowest BCUT2D eigenvalue weighted by molar-refractivity contribution is 0.679. The molecule has 0 aromatic carbocycles. The lowest BCUT2D eigenvalue weighted by Crippen LogP contribution is -2.05. The summed E-state index contributed by atoms with van der Waals surface area (Å²) in [5.74, 6) is 0. The summed E-state index contributed by atoms with van der Waals surface area (Å²) in [4.78, 5) is 4.49. The molecular formula is C13H21N3S. The molecule has 1 aliphatic carbocycles. The smallest absolute Gasteiger partial charge is 0.182 e. The van der Waals surface area contributed by atoms with Gasteiger partial charge in [0.1, 0.15) is 0 Å². The Kier molecular flexibility index (Phi) is 5.01. The zero-order valence-electron chi connectivity index (χ0n) is 10.2. The zero-order chi connectivity index (χ0) is 11.9. The molecule has 0 radical (unpaired) electrons. The first-order valence-corrected chi connectivity index (χ1v) is 7.32. The van der Waals surface area contributed by atoms with E-state index in [1.54, 1.807) is 16.9 Å². The molecule has 0 aliphatic heterocycles. The molecule has 1 aromatic rings. The summed E-state index contributed by atoms with van der Waals surface area (Å²) in [5.41, 5.74) is 8.23. The van der Waals surface area contributed by atoms with Crippen LogP contribution in [0.15, 0.2) is 17.0 Å². The Hall–Kier alpha value is -0.870. The minimum absolute atomic E-state index is 0.677. The summed E-state index contributed by atoms with van der Waals surface area (Å²) in [7, 11) is 0. The number of anilines is 1. The summed E-state index contributed by atoms with van der Waals surface area (Å²) in [6, 6.07) is 0. The molecule has 0 bridgehead atoms. The van der Waals surface area contributed by atoms with E-state index < -0.39 is 0 Å². The van der Waals surface area contributed by atoms with E-state index in [1.807, 2.05) is 0 Å². The highest BCUT2D eigenvalue weighted by atomic mass is 32.1. The Bertz CT molecular complexity index is 370. The second kappa shape index (κ2) is 6.77. The van der Waals surface area contributed by atoms with Crippen LogP contribution in [0.3, 0.4) is 0 Å². The van der Waals surface area contributed by atoms with E-state index >= 15 is 0 Å². The van der Waals surface area contributed by atoms with Crippen molar-refractivity contribution >= 4 is 16.5 Å². The summed E-state index contributed by atoms with van der Waals surface area (Å²) >= 11 is 1.68. The van der Waals surface area contributed by atoms with Crippen molar-refractivity contribution in [3.63, 3.8) is 0 Å². The molecule has 3 N–H and O–H groups in total. The minimum atomic E-state index is 0.677. The van der Waals surface area contributed by atoms with Gasteiger partial charge < -0.3 is 11.1 Å². The molecule has 0 amide bonds. The quantitative estimate of drug-likeness (QED) is 0.764. The maximum absolute atomic E-state index is 5.50. The third kappa shape index (κ3) is 4.13. The first kappa shape index (κ1) is 12.6. The molecule has 0 spiro atoms. The fraction of sp³-hybridized carbons (Fsp3) is 0.615. The van der Waals surface area contributed by atoms with E-state index in [9.17, 15) is 0 Å². The number of hydrogen-bond acceptors (Lipinski definition) is 4. The number of allylic oxidation sites excluding steroid dienone is 1. The highest BCUT2D eigenvalue weighted by molar-refractivity contribution is 7.13. The molecule has 0 unspecified atom stereocenters. The molecule has 2 rings (SSSR count).